The van der Waals surface area contributed by atoms with E-state index < -0.39 is 28.9 Å². The highest BCUT2D eigenvalue weighted by Gasteiger charge is 2.48. The van der Waals surface area contributed by atoms with Crippen molar-refractivity contribution in [3.05, 3.63) is 11.3 Å². The van der Waals surface area contributed by atoms with Crippen LogP contribution in [0.1, 0.15) is 13.3 Å². The van der Waals surface area contributed by atoms with Gasteiger partial charge in [-0.3, -0.25) is 9.98 Å². The summed E-state index contributed by atoms with van der Waals surface area (Å²) in [4.78, 5) is 22.6. The molecule has 3 aliphatic heterocycles. The normalized spacial score (nSPS) is 24.3. The van der Waals surface area contributed by atoms with Crippen LogP contribution in [0, 0.1) is 0 Å². The molecule has 0 saturated carbocycles. The number of nitrogens with one attached hydrogen (secondary N) is 1. The molecule has 0 aromatic carbocycles. The van der Waals surface area contributed by atoms with Gasteiger partial charge in [0.1, 0.15) is 5.04 Å². The van der Waals surface area contributed by atoms with Crippen LogP contribution in [0.5, 0.6) is 0 Å². The van der Waals surface area contributed by atoms with Crippen LogP contribution < -0.4 is 4.72 Å². The van der Waals surface area contributed by atoms with Crippen LogP contribution >= 0.6 is 11.8 Å². The number of ether oxygens (including phenoxy) is 1. The van der Waals surface area contributed by atoms with Gasteiger partial charge >= 0.3 is 11.5 Å². The standard InChI is InChI=1S/C14H17F3N4O3S2/c1-2-24-13(22)9-6-19-11(12-18-3-4-25-12)21-7-8(5-10(9)21)20-26(23)14(15,16)17/h8,20H,2-7H2,1H3. The summed E-state index contributed by atoms with van der Waals surface area (Å²) in [6.45, 7) is 2.73. The van der Waals surface area contributed by atoms with Crippen molar-refractivity contribution in [1.82, 2.24) is 9.62 Å². The van der Waals surface area contributed by atoms with Gasteiger partial charge in [0.15, 0.2) is 17.2 Å². The van der Waals surface area contributed by atoms with Gasteiger partial charge in [-0.15, -0.1) is 29.7 Å². The monoisotopic (exact) mass is 410 g/mol. The number of halogens is 3. The third kappa shape index (κ3) is 4.02. The average molecular weight is 410 g/mol. The Morgan fingerprint density at radius 2 is 2.27 bits per heavy atom. The Morgan fingerprint density at radius 3 is 2.88 bits per heavy atom. The highest BCUT2D eigenvalue weighted by molar-refractivity contribution is 8.16. The number of carbonyl (C=O) groups is 1. The van der Waals surface area contributed by atoms with Gasteiger partial charge in [0.05, 0.1) is 24.8 Å². The Kier molecular flexibility index (Phi) is 5.85. The van der Waals surface area contributed by atoms with Crippen LogP contribution in [0.2, 0.25) is 0 Å². The van der Waals surface area contributed by atoms with Gasteiger partial charge in [-0.05, 0) is 6.92 Å². The van der Waals surface area contributed by atoms with E-state index in [1.807, 2.05) is 0 Å². The van der Waals surface area contributed by atoms with E-state index in [9.17, 15) is 22.5 Å². The Labute approximate surface area is 155 Å². The van der Waals surface area contributed by atoms with E-state index in [0.717, 1.165) is 5.75 Å². The minimum atomic E-state index is -4.84. The third-order valence-corrected chi connectivity index (χ3v) is 5.88. The summed E-state index contributed by atoms with van der Waals surface area (Å²) in [7, 11) is 0. The van der Waals surface area contributed by atoms with Crippen molar-refractivity contribution in [1.29, 1.82) is 0 Å². The van der Waals surface area contributed by atoms with Gasteiger partial charge in [0.25, 0.3) is 0 Å². The summed E-state index contributed by atoms with van der Waals surface area (Å²) in [6.07, 6.45) is 0.132. The van der Waals surface area contributed by atoms with Gasteiger partial charge in [-0.1, -0.05) is 0 Å². The van der Waals surface area contributed by atoms with Crippen LogP contribution in [-0.4, -0.2) is 69.8 Å². The smallest absolute Gasteiger partial charge is 0.591 e. The summed E-state index contributed by atoms with van der Waals surface area (Å²) in [5, 5.41) is 0.711. The van der Waals surface area contributed by atoms with Crippen LogP contribution in [-0.2, 0) is 20.9 Å². The van der Waals surface area contributed by atoms with Crippen molar-refractivity contribution >= 4 is 40.0 Å². The number of amidine groups is 1. The molecule has 1 saturated heterocycles. The second-order valence-electron chi connectivity index (χ2n) is 5.66. The molecule has 1 fully saturated rings. The quantitative estimate of drug-likeness (QED) is 0.541. The molecular formula is C14H17F3N4O3S2. The topological polar surface area (TPSA) is 89.3 Å². The minimum absolute atomic E-state index is 0.0919. The minimum Gasteiger partial charge on any atom is -0.591 e. The lowest BCUT2D eigenvalue weighted by Gasteiger charge is -2.27. The SMILES string of the molecule is CCOC(=O)C1=C2CC(N[S+]([O-])C(F)(F)F)CN2C(C2=NCCS2)=NC1. The lowest BCUT2D eigenvalue weighted by Crippen LogP contribution is -2.45. The van der Waals surface area contributed by atoms with Crippen molar-refractivity contribution in [3.63, 3.8) is 0 Å². The summed E-state index contributed by atoms with van der Waals surface area (Å²) in [5.74, 6) is 0.831. The first kappa shape index (κ1) is 19.5. The van der Waals surface area contributed by atoms with Crippen molar-refractivity contribution < 1.29 is 27.3 Å². The maximum absolute atomic E-state index is 12.6. The van der Waals surface area contributed by atoms with E-state index in [-0.39, 0.29) is 26.1 Å². The summed E-state index contributed by atoms with van der Waals surface area (Å²) in [5.41, 5.74) is -3.97. The summed E-state index contributed by atoms with van der Waals surface area (Å²) >= 11 is -1.65. The average Bonchev–Trinajstić information content (AvgIpc) is 3.22. The van der Waals surface area contributed by atoms with Gasteiger partial charge < -0.3 is 14.2 Å². The zero-order chi connectivity index (χ0) is 18.9. The van der Waals surface area contributed by atoms with Gasteiger partial charge in [0, 0.05) is 31.0 Å². The van der Waals surface area contributed by atoms with Crippen LogP contribution in [0.25, 0.3) is 0 Å². The van der Waals surface area contributed by atoms with Crippen LogP contribution in [0.4, 0.5) is 13.2 Å². The molecule has 0 aromatic heterocycles. The lowest BCUT2D eigenvalue weighted by atomic mass is 10.1. The maximum atomic E-state index is 12.6. The fourth-order valence-electron chi connectivity index (χ4n) is 2.92. The van der Waals surface area contributed by atoms with E-state index in [0.29, 0.717) is 28.7 Å². The number of fused-ring (bicyclic) bond motifs is 1. The molecule has 7 nitrogen and oxygen atoms in total. The van der Waals surface area contributed by atoms with E-state index in [2.05, 4.69) is 14.7 Å². The molecule has 3 heterocycles. The van der Waals surface area contributed by atoms with Crippen molar-refractivity contribution in [2.45, 2.75) is 24.9 Å². The highest BCUT2D eigenvalue weighted by Crippen LogP contribution is 2.33. The second kappa shape index (κ2) is 7.79. The van der Waals surface area contributed by atoms with E-state index in [1.54, 1.807) is 11.8 Å². The molecule has 0 radical (unpaired) electrons. The predicted molar refractivity (Wildman–Crippen MR) is 93.2 cm³/mol. The number of hydrogen-bond donors (Lipinski definition) is 1. The zero-order valence-corrected chi connectivity index (χ0v) is 15.5. The third-order valence-electron chi connectivity index (χ3n) is 3.94. The molecule has 1 N–H and O–H groups in total. The first-order chi connectivity index (χ1) is 12.3. The number of hydrogen-bond acceptors (Lipinski definition) is 8. The Hall–Kier alpha value is -1.24. The molecule has 26 heavy (non-hydrogen) atoms. The molecule has 3 aliphatic rings. The number of esters is 1. The largest absolute Gasteiger partial charge is 0.592 e. The molecule has 0 aliphatic carbocycles. The molecule has 0 spiro atoms. The van der Waals surface area contributed by atoms with E-state index in [4.69, 9.17) is 4.74 Å². The summed E-state index contributed by atoms with van der Waals surface area (Å²) in [6, 6.07) is -0.729. The Morgan fingerprint density at radius 1 is 1.50 bits per heavy atom. The highest BCUT2D eigenvalue weighted by atomic mass is 32.2. The van der Waals surface area contributed by atoms with Gasteiger partial charge in [-0.2, -0.15) is 0 Å². The number of rotatable bonds is 5. The molecule has 0 aromatic rings. The zero-order valence-electron chi connectivity index (χ0n) is 13.8. The van der Waals surface area contributed by atoms with E-state index >= 15 is 0 Å². The maximum Gasteiger partial charge on any atom is 0.592 e. The van der Waals surface area contributed by atoms with Crippen molar-refractivity contribution in [2.75, 3.05) is 32.0 Å². The van der Waals surface area contributed by atoms with E-state index in [1.165, 1.54) is 11.8 Å². The molecule has 2 unspecified atom stereocenters. The van der Waals surface area contributed by atoms with Crippen LogP contribution in [0.15, 0.2) is 21.3 Å². The van der Waals surface area contributed by atoms with Gasteiger partial charge in [-0.25, -0.2) is 4.79 Å². The molecular weight excluding hydrogens is 393 g/mol. The molecule has 3 rings (SSSR count). The Bertz CT molecular complexity index is 681. The number of thioether (sulfide) groups is 1. The fraction of sp³-hybridized carbons (Fsp3) is 0.643. The predicted octanol–water partition coefficient (Wildman–Crippen LogP) is 1.21. The molecule has 144 valence electrons. The number of alkyl halides is 3. The van der Waals surface area contributed by atoms with Gasteiger partial charge in [0.2, 0.25) is 0 Å². The first-order valence-electron chi connectivity index (χ1n) is 7.94. The molecule has 0 bridgehead atoms. The molecule has 0 amide bonds. The van der Waals surface area contributed by atoms with Crippen molar-refractivity contribution in [3.8, 4) is 0 Å². The number of nitrogens with zero attached hydrogens (tertiary/aromatic N) is 3. The summed E-state index contributed by atoms with van der Waals surface area (Å²) < 4.78 is 56.3. The lowest BCUT2D eigenvalue weighted by molar-refractivity contribution is -0.138. The number of carbonyl (C=O) groups excluding carboxylic acids is 1. The van der Waals surface area contributed by atoms with Crippen LogP contribution in [0.3, 0.4) is 0 Å². The fourth-order valence-corrected chi connectivity index (χ4v) is 4.38. The molecule has 12 heteroatoms. The second-order valence-corrected chi connectivity index (χ2v) is 7.98. The molecule has 2 atom stereocenters. The first-order valence-corrected chi connectivity index (χ1v) is 10.1. The number of aliphatic imine (C=N–C) groups is 2. The Balaban J connectivity index is 1.84. The van der Waals surface area contributed by atoms with Crippen molar-refractivity contribution in [2.24, 2.45) is 9.98 Å².